The number of hydrogen-bond acceptors (Lipinski definition) is 5. The summed E-state index contributed by atoms with van der Waals surface area (Å²) in [5, 5.41) is 6.54. The third-order valence-electron chi connectivity index (χ3n) is 3.13. The van der Waals surface area contributed by atoms with Gasteiger partial charge in [-0.1, -0.05) is 30.3 Å². The Balaban J connectivity index is 2.05. The van der Waals surface area contributed by atoms with Crippen molar-refractivity contribution in [1.82, 2.24) is 14.7 Å². The standard InChI is InChI=1S/C15H19N5O3/c1-19(2)14(21)12-11(16)13(20(3)18-12)17-15(22)23-9-10-7-5-4-6-8-10/h4-8H,9,16H2,1-3H3,(H,17,22). The van der Waals surface area contributed by atoms with E-state index in [1.165, 1.54) is 9.58 Å². The predicted octanol–water partition coefficient (Wildman–Crippen LogP) is 1.45. The van der Waals surface area contributed by atoms with E-state index in [2.05, 4.69) is 10.4 Å². The number of hydrogen-bond donors (Lipinski definition) is 2. The number of aryl methyl sites for hydroxylation is 1. The van der Waals surface area contributed by atoms with E-state index in [1.54, 1.807) is 21.1 Å². The average molecular weight is 317 g/mol. The van der Waals surface area contributed by atoms with Gasteiger partial charge in [-0.3, -0.25) is 10.1 Å². The summed E-state index contributed by atoms with van der Waals surface area (Å²) < 4.78 is 6.45. The SMILES string of the molecule is CN(C)C(=O)c1nn(C)c(NC(=O)OCc2ccccc2)c1N. The Morgan fingerprint density at radius 3 is 2.57 bits per heavy atom. The Kier molecular flexibility index (Phi) is 4.85. The number of nitrogens with one attached hydrogen (secondary N) is 1. The van der Waals surface area contributed by atoms with Gasteiger partial charge in [0, 0.05) is 21.1 Å². The fourth-order valence-corrected chi connectivity index (χ4v) is 1.91. The maximum Gasteiger partial charge on any atom is 0.413 e. The summed E-state index contributed by atoms with van der Waals surface area (Å²) in [5.41, 5.74) is 6.94. The van der Waals surface area contributed by atoms with E-state index in [0.717, 1.165) is 5.56 Å². The minimum atomic E-state index is -0.674. The molecular formula is C15H19N5O3. The molecule has 8 nitrogen and oxygen atoms in total. The summed E-state index contributed by atoms with van der Waals surface area (Å²) in [7, 11) is 4.77. The molecular weight excluding hydrogens is 298 g/mol. The zero-order valence-electron chi connectivity index (χ0n) is 13.2. The molecule has 3 N–H and O–H groups in total. The van der Waals surface area contributed by atoms with Gasteiger partial charge < -0.3 is 15.4 Å². The van der Waals surface area contributed by atoms with Crippen molar-refractivity contribution in [2.24, 2.45) is 7.05 Å². The lowest BCUT2D eigenvalue weighted by atomic mass is 10.2. The molecule has 23 heavy (non-hydrogen) atoms. The van der Waals surface area contributed by atoms with E-state index in [1.807, 2.05) is 30.3 Å². The van der Waals surface area contributed by atoms with Crippen molar-refractivity contribution in [2.45, 2.75) is 6.61 Å². The number of rotatable bonds is 4. The van der Waals surface area contributed by atoms with Gasteiger partial charge >= 0.3 is 6.09 Å². The molecule has 1 aromatic heterocycles. The van der Waals surface area contributed by atoms with Crippen LogP contribution in [-0.4, -0.2) is 40.8 Å². The second-order valence-electron chi connectivity index (χ2n) is 5.12. The molecule has 0 saturated carbocycles. The Hall–Kier alpha value is -3.03. The molecule has 0 aliphatic heterocycles. The van der Waals surface area contributed by atoms with E-state index < -0.39 is 6.09 Å². The van der Waals surface area contributed by atoms with E-state index >= 15 is 0 Å². The summed E-state index contributed by atoms with van der Waals surface area (Å²) in [6, 6.07) is 9.28. The number of nitrogens with two attached hydrogens (primary N) is 1. The van der Waals surface area contributed by atoms with Gasteiger partial charge in [-0.15, -0.1) is 0 Å². The summed E-state index contributed by atoms with van der Waals surface area (Å²) in [6.45, 7) is 0.133. The molecule has 2 amide bonds. The molecule has 0 atom stereocenters. The lowest BCUT2D eigenvalue weighted by Gasteiger charge is -2.09. The highest BCUT2D eigenvalue weighted by Crippen LogP contribution is 2.23. The van der Waals surface area contributed by atoms with Crippen LogP contribution in [0.5, 0.6) is 0 Å². The first-order chi connectivity index (χ1) is 10.9. The quantitative estimate of drug-likeness (QED) is 0.888. The van der Waals surface area contributed by atoms with Crippen LogP contribution in [0.15, 0.2) is 30.3 Å². The first kappa shape index (κ1) is 16.3. The number of carbonyl (C=O) groups excluding carboxylic acids is 2. The number of nitrogen functional groups attached to an aromatic ring is 1. The molecule has 0 radical (unpaired) electrons. The fourth-order valence-electron chi connectivity index (χ4n) is 1.91. The van der Waals surface area contributed by atoms with Gasteiger partial charge in [-0.2, -0.15) is 5.10 Å². The third-order valence-corrected chi connectivity index (χ3v) is 3.13. The van der Waals surface area contributed by atoms with Gasteiger partial charge in [0.25, 0.3) is 5.91 Å². The Bertz CT molecular complexity index is 709. The van der Waals surface area contributed by atoms with Gasteiger partial charge in [0.15, 0.2) is 11.5 Å². The zero-order chi connectivity index (χ0) is 17.0. The maximum absolute atomic E-state index is 12.0. The lowest BCUT2D eigenvalue weighted by molar-refractivity contribution is 0.0822. The number of amides is 2. The van der Waals surface area contributed by atoms with Crippen LogP contribution in [0.3, 0.4) is 0 Å². The molecule has 0 aliphatic rings. The molecule has 0 spiro atoms. The van der Waals surface area contributed by atoms with E-state index in [0.29, 0.717) is 0 Å². The lowest BCUT2D eigenvalue weighted by Crippen LogP contribution is -2.23. The Morgan fingerprint density at radius 1 is 1.30 bits per heavy atom. The summed E-state index contributed by atoms with van der Waals surface area (Å²) >= 11 is 0. The van der Waals surface area contributed by atoms with Crippen LogP contribution in [0, 0.1) is 0 Å². The number of anilines is 2. The van der Waals surface area contributed by atoms with E-state index in [9.17, 15) is 9.59 Å². The topological polar surface area (TPSA) is 102 Å². The summed E-state index contributed by atoms with van der Waals surface area (Å²) in [4.78, 5) is 25.2. The van der Waals surface area contributed by atoms with Crippen LogP contribution in [-0.2, 0) is 18.4 Å². The van der Waals surface area contributed by atoms with Crippen LogP contribution >= 0.6 is 0 Å². The smallest absolute Gasteiger partial charge is 0.413 e. The highest BCUT2D eigenvalue weighted by Gasteiger charge is 2.22. The molecule has 0 fully saturated rings. The zero-order valence-corrected chi connectivity index (χ0v) is 13.2. The van der Waals surface area contributed by atoms with Gasteiger partial charge in [0.2, 0.25) is 0 Å². The number of aromatic nitrogens is 2. The van der Waals surface area contributed by atoms with Crippen LogP contribution in [0.1, 0.15) is 16.1 Å². The second kappa shape index (κ2) is 6.82. The Morgan fingerprint density at radius 2 is 1.96 bits per heavy atom. The molecule has 8 heteroatoms. The average Bonchev–Trinajstić information content (AvgIpc) is 2.81. The van der Waals surface area contributed by atoms with Crippen molar-refractivity contribution in [3.8, 4) is 0 Å². The second-order valence-corrected chi connectivity index (χ2v) is 5.12. The van der Waals surface area contributed by atoms with Crippen molar-refractivity contribution in [2.75, 3.05) is 25.1 Å². The van der Waals surface area contributed by atoms with Crippen LogP contribution in [0.4, 0.5) is 16.3 Å². The van der Waals surface area contributed by atoms with Gasteiger partial charge in [-0.05, 0) is 5.56 Å². The predicted molar refractivity (Wildman–Crippen MR) is 85.9 cm³/mol. The minimum absolute atomic E-state index is 0.0795. The summed E-state index contributed by atoms with van der Waals surface area (Å²) in [6.07, 6.45) is -0.674. The van der Waals surface area contributed by atoms with Crippen LogP contribution in [0.2, 0.25) is 0 Å². The Labute approximate surface area is 133 Å². The molecule has 0 aliphatic carbocycles. The van der Waals surface area contributed by atoms with Crippen molar-refractivity contribution < 1.29 is 14.3 Å². The maximum atomic E-state index is 12.0. The molecule has 0 saturated heterocycles. The molecule has 2 aromatic rings. The van der Waals surface area contributed by atoms with E-state index in [-0.39, 0.29) is 29.7 Å². The van der Waals surface area contributed by atoms with Crippen molar-refractivity contribution in [1.29, 1.82) is 0 Å². The number of ether oxygens (including phenoxy) is 1. The highest BCUT2D eigenvalue weighted by atomic mass is 16.5. The fraction of sp³-hybridized carbons (Fsp3) is 0.267. The molecule has 0 bridgehead atoms. The number of nitrogens with zero attached hydrogens (tertiary/aromatic N) is 3. The minimum Gasteiger partial charge on any atom is -0.444 e. The van der Waals surface area contributed by atoms with Gasteiger partial charge in [0.1, 0.15) is 12.3 Å². The van der Waals surface area contributed by atoms with Crippen molar-refractivity contribution >= 4 is 23.5 Å². The molecule has 0 unspecified atom stereocenters. The highest BCUT2D eigenvalue weighted by molar-refractivity contribution is 6.01. The first-order valence-corrected chi connectivity index (χ1v) is 6.92. The molecule has 1 heterocycles. The number of carbonyl (C=O) groups is 2. The molecule has 122 valence electrons. The van der Waals surface area contributed by atoms with Gasteiger partial charge in [-0.25, -0.2) is 9.48 Å². The van der Waals surface area contributed by atoms with Gasteiger partial charge in [0.05, 0.1) is 0 Å². The van der Waals surface area contributed by atoms with E-state index in [4.69, 9.17) is 10.5 Å². The normalized spacial score (nSPS) is 10.2. The van der Waals surface area contributed by atoms with Crippen molar-refractivity contribution in [3.05, 3.63) is 41.6 Å². The largest absolute Gasteiger partial charge is 0.444 e. The number of benzene rings is 1. The monoisotopic (exact) mass is 317 g/mol. The third kappa shape index (κ3) is 3.79. The first-order valence-electron chi connectivity index (χ1n) is 6.92. The molecule has 2 rings (SSSR count). The van der Waals surface area contributed by atoms with Crippen LogP contribution < -0.4 is 11.1 Å². The van der Waals surface area contributed by atoms with Crippen LogP contribution in [0.25, 0.3) is 0 Å². The molecule has 1 aromatic carbocycles. The summed E-state index contributed by atoms with van der Waals surface area (Å²) in [5.74, 6) is -0.128. The van der Waals surface area contributed by atoms with Crippen molar-refractivity contribution in [3.63, 3.8) is 0 Å².